The minimum atomic E-state index is -0.891. The highest BCUT2D eigenvalue weighted by molar-refractivity contribution is 5.94. The summed E-state index contributed by atoms with van der Waals surface area (Å²) in [6.07, 6.45) is 2.39. The van der Waals surface area contributed by atoms with Crippen molar-refractivity contribution < 1.29 is 19.1 Å². The van der Waals surface area contributed by atoms with Gasteiger partial charge in [-0.15, -0.1) is 0 Å². The fourth-order valence-corrected chi connectivity index (χ4v) is 2.85. The lowest BCUT2D eigenvalue weighted by Crippen LogP contribution is -2.54. The van der Waals surface area contributed by atoms with Gasteiger partial charge in [-0.1, -0.05) is 0 Å². The van der Waals surface area contributed by atoms with E-state index in [4.69, 9.17) is 9.47 Å². The van der Waals surface area contributed by atoms with E-state index in [0.29, 0.717) is 38.9 Å². The van der Waals surface area contributed by atoms with Crippen molar-refractivity contribution in [2.24, 2.45) is 0 Å². The van der Waals surface area contributed by atoms with Gasteiger partial charge < -0.3 is 9.47 Å². The van der Waals surface area contributed by atoms with Gasteiger partial charge in [-0.05, 0) is 12.8 Å². The lowest BCUT2D eigenvalue weighted by molar-refractivity contribution is -0.176. The molecule has 2 heterocycles. The Bertz CT molecular complexity index is 336. The van der Waals surface area contributed by atoms with Crippen LogP contribution in [0.25, 0.3) is 0 Å². The van der Waals surface area contributed by atoms with E-state index >= 15 is 0 Å². The van der Waals surface area contributed by atoms with Crippen LogP contribution in [0.2, 0.25) is 0 Å². The molecular formula is C11H15NO4. The van der Waals surface area contributed by atoms with E-state index < -0.39 is 11.4 Å². The maximum atomic E-state index is 12.1. The van der Waals surface area contributed by atoms with Gasteiger partial charge in [-0.2, -0.15) is 0 Å². The Morgan fingerprint density at radius 2 is 1.69 bits per heavy atom. The molecule has 3 fully saturated rings. The van der Waals surface area contributed by atoms with E-state index in [1.54, 1.807) is 0 Å². The molecule has 0 radical (unpaired) electrons. The van der Waals surface area contributed by atoms with Crippen LogP contribution in [0.15, 0.2) is 0 Å². The Labute approximate surface area is 93.5 Å². The molecule has 5 nitrogen and oxygen atoms in total. The number of rotatable bonds is 0. The van der Waals surface area contributed by atoms with Crippen LogP contribution in [0.1, 0.15) is 32.1 Å². The van der Waals surface area contributed by atoms with Crippen molar-refractivity contribution in [3.05, 3.63) is 0 Å². The predicted octanol–water partition coefficient (Wildman–Crippen LogP) is 0.131. The van der Waals surface area contributed by atoms with Crippen LogP contribution in [0.3, 0.4) is 0 Å². The second-order valence-electron chi connectivity index (χ2n) is 4.80. The van der Waals surface area contributed by atoms with Crippen molar-refractivity contribution in [2.45, 2.75) is 43.6 Å². The van der Waals surface area contributed by atoms with Gasteiger partial charge in [0.2, 0.25) is 5.91 Å². The smallest absolute Gasteiger partial charge is 0.235 e. The third kappa shape index (κ3) is 1.43. The average Bonchev–Trinajstić information content (AvgIpc) is 2.80. The highest BCUT2D eigenvalue weighted by atomic mass is 16.8. The highest BCUT2D eigenvalue weighted by Crippen LogP contribution is 2.39. The van der Waals surface area contributed by atoms with Crippen molar-refractivity contribution in [1.29, 1.82) is 0 Å². The molecule has 88 valence electrons. The molecule has 3 rings (SSSR count). The average molecular weight is 225 g/mol. The number of ketones is 2. The Balaban J connectivity index is 1.81. The quantitative estimate of drug-likeness (QED) is 0.635. The molecule has 1 aliphatic carbocycles. The summed E-state index contributed by atoms with van der Waals surface area (Å²) in [5, 5.41) is 3.21. The molecule has 0 aromatic carbocycles. The summed E-state index contributed by atoms with van der Waals surface area (Å²) >= 11 is 0. The maximum absolute atomic E-state index is 12.1. The van der Waals surface area contributed by atoms with E-state index in [9.17, 15) is 9.59 Å². The van der Waals surface area contributed by atoms with Gasteiger partial charge in [0.25, 0.3) is 0 Å². The molecule has 5 heteroatoms. The van der Waals surface area contributed by atoms with Gasteiger partial charge in [-0.25, -0.2) is 0 Å². The Hall–Kier alpha value is -0.780. The zero-order valence-corrected chi connectivity index (χ0v) is 9.08. The number of nitrogens with one attached hydrogen (secondary N) is 1. The molecular weight excluding hydrogens is 210 g/mol. The number of hydrogen-bond donors (Lipinski definition) is 1. The van der Waals surface area contributed by atoms with E-state index in [2.05, 4.69) is 5.32 Å². The van der Waals surface area contributed by atoms with Crippen LogP contribution in [0, 0.1) is 0 Å². The molecule has 0 amide bonds. The molecule has 2 saturated heterocycles. The lowest BCUT2D eigenvalue weighted by Gasteiger charge is -2.33. The van der Waals surface area contributed by atoms with Gasteiger partial charge in [0, 0.05) is 12.8 Å². The second kappa shape index (κ2) is 3.35. The Morgan fingerprint density at radius 3 is 2.31 bits per heavy atom. The third-order valence-electron chi connectivity index (χ3n) is 3.77. The fourth-order valence-electron chi connectivity index (χ4n) is 2.85. The summed E-state index contributed by atoms with van der Waals surface area (Å²) < 4.78 is 11.0. The van der Waals surface area contributed by atoms with Crippen LogP contribution in [-0.2, 0) is 19.1 Å². The maximum Gasteiger partial charge on any atom is 0.235 e. The number of ether oxygens (including phenoxy) is 2. The number of Topliss-reactive ketones (excluding diaryl/α,β-unsaturated/α-hetero) is 2. The van der Waals surface area contributed by atoms with Crippen molar-refractivity contribution >= 4 is 11.6 Å². The van der Waals surface area contributed by atoms with Gasteiger partial charge in [-0.3, -0.25) is 14.9 Å². The summed E-state index contributed by atoms with van der Waals surface area (Å²) in [7, 11) is 0. The summed E-state index contributed by atoms with van der Waals surface area (Å²) in [5.41, 5.74) is -0.571. The number of carbonyl (C=O) groups is 2. The summed E-state index contributed by atoms with van der Waals surface area (Å²) in [6.45, 7) is 1.05. The SMILES string of the molecule is O=C1CCC2(CC1)NC1(CC2=O)OCCO1. The molecule has 3 aliphatic rings. The molecule has 0 aromatic heterocycles. The first-order valence-corrected chi connectivity index (χ1v) is 5.77. The molecule has 0 bridgehead atoms. The molecule has 2 aliphatic heterocycles. The monoisotopic (exact) mass is 225 g/mol. The zero-order chi connectivity index (χ0) is 11.2. The first kappa shape index (κ1) is 10.4. The molecule has 0 unspecified atom stereocenters. The lowest BCUT2D eigenvalue weighted by atomic mass is 9.79. The van der Waals surface area contributed by atoms with Crippen molar-refractivity contribution in [1.82, 2.24) is 5.32 Å². The molecule has 2 spiro atoms. The predicted molar refractivity (Wildman–Crippen MR) is 53.6 cm³/mol. The Kier molecular flexibility index (Phi) is 2.18. The molecule has 0 atom stereocenters. The minimum Gasteiger partial charge on any atom is -0.335 e. The van der Waals surface area contributed by atoms with E-state index in [1.165, 1.54) is 0 Å². The van der Waals surface area contributed by atoms with Gasteiger partial charge in [0.05, 0.1) is 25.2 Å². The Morgan fingerprint density at radius 1 is 1.06 bits per heavy atom. The molecule has 0 aromatic rings. The van der Waals surface area contributed by atoms with E-state index in [1.807, 2.05) is 0 Å². The molecule has 1 N–H and O–H groups in total. The van der Waals surface area contributed by atoms with E-state index in [-0.39, 0.29) is 18.0 Å². The van der Waals surface area contributed by atoms with Gasteiger partial charge in [0.15, 0.2) is 5.78 Å². The highest BCUT2D eigenvalue weighted by Gasteiger charge is 2.57. The zero-order valence-electron chi connectivity index (χ0n) is 9.08. The first-order valence-electron chi connectivity index (χ1n) is 5.77. The summed E-state index contributed by atoms with van der Waals surface area (Å²) in [4.78, 5) is 23.3. The van der Waals surface area contributed by atoms with Crippen LogP contribution < -0.4 is 5.32 Å². The third-order valence-corrected chi connectivity index (χ3v) is 3.77. The summed E-state index contributed by atoms with van der Waals surface area (Å²) in [5.74, 6) is -0.520. The molecule has 1 saturated carbocycles. The molecule has 16 heavy (non-hydrogen) atoms. The fraction of sp³-hybridized carbons (Fsp3) is 0.818. The van der Waals surface area contributed by atoms with Crippen LogP contribution in [0.5, 0.6) is 0 Å². The van der Waals surface area contributed by atoms with Crippen molar-refractivity contribution in [2.75, 3.05) is 13.2 Å². The standard InChI is InChI=1S/C11H15NO4/c13-8-1-3-10(4-2-8)9(14)7-11(12-10)15-5-6-16-11/h12H,1-7H2. The second-order valence-corrected chi connectivity index (χ2v) is 4.80. The van der Waals surface area contributed by atoms with Crippen LogP contribution in [-0.4, -0.2) is 36.2 Å². The number of carbonyl (C=O) groups excluding carboxylic acids is 2. The van der Waals surface area contributed by atoms with Crippen LogP contribution >= 0.6 is 0 Å². The minimum absolute atomic E-state index is 0.127. The van der Waals surface area contributed by atoms with Crippen LogP contribution in [0.4, 0.5) is 0 Å². The largest absolute Gasteiger partial charge is 0.335 e. The number of hydrogen-bond acceptors (Lipinski definition) is 5. The van der Waals surface area contributed by atoms with E-state index in [0.717, 1.165) is 0 Å². The van der Waals surface area contributed by atoms with Crippen molar-refractivity contribution in [3.8, 4) is 0 Å². The van der Waals surface area contributed by atoms with Crippen molar-refractivity contribution in [3.63, 3.8) is 0 Å². The van der Waals surface area contributed by atoms with Gasteiger partial charge >= 0.3 is 0 Å². The first-order chi connectivity index (χ1) is 7.64. The summed E-state index contributed by atoms with van der Waals surface area (Å²) in [6, 6.07) is 0. The topological polar surface area (TPSA) is 64.6 Å². The van der Waals surface area contributed by atoms with Gasteiger partial charge in [0.1, 0.15) is 5.78 Å². The normalized spacial score (nSPS) is 31.8.